The molecule has 11 heteroatoms. The standard InChI is InChI=1S/C15H13BrF3N5S2/c1-14(2,3)10-11(16)26-13(20-10)25-9-5-7(12-21-23-24-22-12)4-8(6-9)15(17,18)19/h4-6H,1-3H3,(H,21,22,23,24). The first-order valence-electron chi connectivity index (χ1n) is 7.35. The van der Waals surface area contributed by atoms with E-state index in [-0.39, 0.29) is 16.8 Å². The van der Waals surface area contributed by atoms with E-state index < -0.39 is 11.7 Å². The van der Waals surface area contributed by atoms with Gasteiger partial charge < -0.3 is 0 Å². The zero-order chi connectivity index (χ0) is 19.1. The smallest absolute Gasteiger partial charge is 0.239 e. The molecule has 2 heterocycles. The van der Waals surface area contributed by atoms with E-state index >= 15 is 0 Å². The molecule has 0 aliphatic carbocycles. The third-order valence-electron chi connectivity index (χ3n) is 3.33. The molecule has 26 heavy (non-hydrogen) atoms. The molecule has 3 aromatic rings. The number of alkyl halides is 3. The minimum atomic E-state index is -4.47. The van der Waals surface area contributed by atoms with E-state index in [1.165, 1.54) is 23.1 Å². The predicted octanol–water partition coefficient (Wildman–Crippen LogP) is 5.55. The van der Waals surface area contributed by atoms with Gasteiger partial charge in [0.15, 0.2) is 10.2 Å². The van der Waals surface area contributed by atoms with Crippen LogP contribution in [-0.4, -0.2) is 25.6 Å². The van der Waals surface area contributed by atoms with Crippen LogP contribution in [0.1, 0.15) is 32.0 Å². The number of aromatic amines is 1. The summed E-state index contributed by atoms with van der Waals surface area (Å²) in [6, 6.07) is 3.73. The average molecular weight is 464 g/mol. The van der Waals surface area contributed by atoms with Crippen LogP contribution in [0.2, 0.25) is 0 Å². The van der Waals surface area contributed by atoms with E-state index in [1.807, 2.05) is 20.8 Å². The third-order valence-corrected chi connectivity index (χ3v) is 6.07. The van der Waals surface area contributed by atoms with Gasteiger partial charge in [-0.1, -0.05) is 43.9 Å². The van der Waals surface area contributed by atoms with Crippen molar-refractivity contribution in [2.24, 2.45) is 0 Å². The summed E-state index contributed by atoms with van der Waals surface area (Å²) in [5.74, 6) is 0.175. The molecule has 0 saturated heterocycles. The van der Waals surface area contributed by atoms with Crippen molar-refractivity contribution in [2.45, 2.75) is 41.6 Å². The zero-order valence-electron chi connectivity index (χ0n) is 13.8. The van der Waals surface area contributed by atoms with Gasteiger partial charge in [0, 0.05) is 15.9 Å². The Morgan fingerprint density at radius 3 is 2.42 bits per heavy atom. The van der Waals surface area contributed by atoms with Crippen LogP contribution >= 0.6 is 39.0 Å². The molecule has 0 aliphatic rings. The quantitative estimate of drug-likeness (QED) is 0.550. The second kappa shape index (κ2) is 6.93. The van der Waals surface area contributed by atoms with Gasteiger partial charge >= 0.3 is 6.18 Å². The summed E-state index contributed by atoms with van der Waals surface area (Å²) >= 11 is 6.06. The molecule has 1 N–H and O–H groups in total. The van der Waals surface area contributed by atoms with Gasteiger partial charge in [-0.15, -0.1) is 5.10 Å². The summed E-state index contributed by atoms with van der Waals surface area (Å²) in [5, 5.41) is 13.0. The molecule has 0 amide bonds. The Hall–Kier alpha value is -1.46. The highest BCUT2D eigenvalue weighted by Crippen LogP contribution is 2.42. The van der Waals surface area contributed by atoms with Gasteiger partial charge in [-0.05, 0) is 44.6 Å². The van der Waals surface area contributed by atoms with Crippen LogP contribution in [0.25, 0.3) is 11.4 Å². The van der Waals surface area contributed by atoms with Crippen molar-refractivity contribution in [1.29, 1.82) is 0 Å². The Kier molecular flexibility index (Phi) is 5.15. The molecule has 0 bridgehead atoms. The number of nitrogens with one attached hydrogen (secondary N) is 1. The molecule has 138 valence electrons. The van der Waals surface area contributed by atoms with Crippen molar-refractivity contribution in [3.8, 4) is 11.4 Å². The summed E-state index contributed by atoms with van der Waals surface area (Å²) in [5.41, 5.74) is 0.203. The van der Waals surface area contributed by atoms with Gasteiger partial charge in [-0.25, -0.2) is 10.1 Å². The number of rotatable bonds is 3. The molecular weight excluding hydrogens is 451 g/mol. The molecule has 0 radical (unpaired) electrons. The molecule has 1 aromatic carbocycles. The maximum atomic E-state index is 13.3. The summed E-state index contributed by atoms with van der Waals surface area (Å²) < 4.78 is 41.3. The lowest BCUT2D eigenvalue weighted by molar-refractivity contribution is -0.137. The molecule has 2 aromatic heterocycles. The van der Waals surface area contributed by atoms with E-state index in [2.05, 4.69) is 41.5 Å². The van der Waals surface area contributed by atoms with Crippen molar-refractivity contribution in [1.82, 2.24) is 25.6 Å². The highest BCUT2D eigenvalue weighted by Gasteiger charge is 2.32. The average Bonchev–Trinajstić information content (AvgIpc) is 3.15. The molecule has 0 saturated carbocycles. The fourth-order valence-corrected chi connectivity index (χ4v) is 5.75. The number of H-pyrrole nitrogens is 1. The number of hydrogen-bond donors (Lipinski definition) is 1. The first kappa shape index (κ1) is 19.3. The Labute approximate surface area is 163 Å². The minimum absolute atomic E-state index is 0.168. The van der Waals surface area contributed by atoms with Crippen molar-refractivity contribution in [2.75, 3.05) is 0 Å². The van der Waals surface area contributed by atoms with Gasteiger partial charge in [-0.3, -0.25) is 0 Å². The van der Waals surface area contributed by atoms with E-state index in [0.717, 1.165) is 21.6 Å². The first-order valence-corrected chi connectivity index (χ1v) is 9.77. The van der Waals surface area contributed by atoms with Crippen LogP contribution in [0.3, 0.4) is 0 Å². The normalized spacial score (nSPS) is 12.6. The van der Waals surface area contributed by atoms with Crippen LogP contribution in [0, 0.1) is 0 Å². The fraction of sp³-hybridized carbons (Fsp3) is 0.333. The summed E-state index contributed by atoms with van der Waals surface area (Å²) in [6.07, 6.45) is -4.47. The predicted molar refractivity (Wildman–Crippen MR) is 97.3 cm³/mol. The number of hydrogen-bond acceptors (Lipinski definition) is 6. The number of benzene rings is 1. The lowest BCUT2D eigenvalue weighted by Crippen LogP contribution is -2.12. The van der Waals surface area contributed by atoms with Gasteiger partial charge in [0.1, 0.15) is 0 Å². The Morgan fingerprint density at radius 1 is 1.15 bits per heavy atom. The third kappa shape index (κ3) is 4.26. The molecular formula is C15H13BrF3N5S2. The lowest BCUT2D eigenvalue weighted by Gasteiger charge is -2.15. The molecule has 0 atom stereocenters. The largest absolute Gasteiger partial charge is 0.416 e. The Bertz CT molecular complexity index is 916. The molecule has 3 rings (SSSR count). The SMILES string of the molecule is CC(C)(C)c1nc(Sc2cc(-c3nnn[nH]3)cc(C(F)(F)F)c2)sc1Br. The number of nitrogens with zero attached hydrogens (tertiary/aromatic N) is 4. The van der Waals surface area contributed by atoms with Gasteiger partial charge in [0.25, 0.3) is 0 Å². The van der Waals surface area contributed by atoms with Gasteiger partial charge in [0.05, 0.1) is 15.0 Å². The number of tetrazole rings is 1. The highest BCUT2D eigenvalue weighted by atomic mass is 79.9. The molecule has 0 fully saturated rings. The molecule has 0 spiro atoms. The molecule has 0 unspecified atom stereocenters. The topological polar surface area (TPSA) is 67.3 Å². The van der Waals surface area contributed by atoms with E-state index in [1.54, 1.807) is 6.07 Å². The fourth-order valence-electron chi connectivity index (χ4n) is 2.13. The molecule has 0 aliphatic heterocycles. The van der Waals surface area contributed by atoms with E-state index in [9.17, 15) is 13.2 Å². The zero-order valence-corrected chi connectivity index (χ0v) is 17.1. The minimum Gasteiger partial charge on any atom is -0.239 e. The summed E-state index contributed by atoms with van der Waals surface area (Å²) in [6.45, 7) is 6.08. The highest BCUT2D eigenvalue weighted by molar-refractivity contribution is 9.11. The maximum absolute atomic E-state index is 13.3. The van der Waals surface area contributed by atoms with Crippen molar-refractivity contribution >= 4 is 39.0 Å². The van der Waals surface area contributed by atoms with Crippen molar-refractivity contribution in [3.05, 3.63) is 33.2 Å². The van der Waals surface area contributed by atoms with Crippen LogP contribution in [-0.2, 0) is 11.6 Å². The lowest BCUT2D eigenvalue weighted by atomic mass is 9.93. The number of aromatic nitrogens is 5. The van der Waals surface area contributed by atoms with E-state index in [4.69, 9.17) is 0 Å². The number of halogens is 4. The maximum Gasteiger partial charge on any atom is 0.416 e. The van der Waals surface area contributed by atoms with Crippen LogP contribution in [0.5, 0.6) is 0 Å². The van der Waals surface area contributed by atoms with Crippen molar-refractivity contribution < 1.29 is 13.2 Å². The van der Waals surface area contributed by atoms with Crippen LogP contribution < -0.4 is 0 Å². The van der Waals surface area contributed by atoms with E-state index in [0.29, 0.717) is 9.24 Å². The summed E-state index contributed by atoms with van der Waals surface area (Å²) in [4.78, 5) is 4.98. The van der Waals surface area contributed by atoms with Crippen LogP contribution in [0.15, 0.2) is 31.2 Å². The van der Waals surface area contributed by atoms with Gasteiger partial charge in [0.2, 0.25) is 0 Å². The Balaban J connectivity index is 2.01. The second-order valence-corrected chi connectivity index (χ2v) is 10.1. The number of thiazole rings is 1. The first-order chi connectivity index (χ1) is 12.0. The van der Waals surface area contributed by atoms with Gasteiger partial charge in [-0.2, -0.15) is 13.2 Å². The summed E-state index contributed by atoms with van der Waals surface area (Å²) in [7, 11) is 0. The second-order valence-electron chi connectivity index (χ2n) is 6.45. The molecule has 5 nitrogen and oxygen atoms in total. The van der Waals surface area contributed by atoms with Crippen LogP contribution in [0.4, 0.5) is 13.2 Å². The monoisotopic (exact) mass is 463 g/mol. The Morgan fingerprint density at radius 2 is 1.88 bits per heavy atom. The van der Waals surface area contributed by atoms with Crippen molar-refractivity contribution in [3.63, 3.8) is 0 Å².